The maximum absolute atomic E-state index is 11.8. The third-order valence-electron chi connectivity index (χ3n) is 3.32. The number of aromatic carboxylic acids is 1. The van der Waals surface area contributed by atoms with Crippen molar-refractivity contribution in [2.75, 3.05) is 6.61 Å². The highest BCUT2D eigenvalue weighted by Gasteiger charge is 2.13. The van der Waals surface area contributed by atoms with Crippen LogP contribution in [0, 0.1) is 6.92 Å². The number of aryl methyl sites for hydroxylation is 1. The molecule has 0 unspecified atom stereocenters. The van der Waals surface area contributed by atoms with Crippen molar-refractivity contribution in [3.63, 3.8) is 0 Å². The predicted molar refractivity (Wildman–Crippen MR) is 91.0 cm³/mol. The SMILES string of the molecule is CCCOC(=O)c1cccc(N=Nc2cc(C)c(O)c(C(=O)O)c2)c1. The molecule has 0 aromatic heterocycles. The molecule has 25 heavy (non-hydrogen) atoms. The fraction of sp³-hybridized carbons (Fsp3) is 0.222. The second kappa shape index (κ2) is 8.05. The molecule has 130 valence electrons. The lowest BCUT2D eigenvalue weighted by Crippen LogP contribution is -2.05. The van der Waals surface area contributed by atoms with Crippen molar-refractivity contribution >= 4 is 23.3 Å². The van der Waals surface area contributed by atoms with E-state index in [1.54, 1.807) is 25.1 Å². The van der Waals surface area contributed by atoms with E-state index in [1.165, 1.54) is 18.2 Å². The van der Waals surface area contributed by atoms with Gasteiger partial charge in [-0.1, -0.05) is 13.0 Å². The summed E-state index contributed by atoms with van der Waals surface area (Å²) in [4.78, 5) is 23.0. The smallest absolute Gasteiger partial charge is 0.339 e. The molecule has 7 heteroatoms. The minimum atomic E-state index is -1.25. The van der Waals surface area contributed by atoms with E-state index in [0.29, 0.717) is 23.4 Å². The van der Waals surface area contributed by atoms with Crippen molar-refractivity contribution in [3.8, 4) is 5.75 Å². The van der Waals surface area contributed by atoms with E-state index in [0.717, 1.165) is 6.42 Å². The highest BCUT2D eigenvalue weighted by Crippen LogP contribution is 2.29. The van der Waals surface area contributed by atoms with Crippen LogP contribution in [0.2, 0.25) is 0 Å². The molecule has 7 nitrogen and oxygen atoms in total. The minimum absolute atomic E-state index is 0.245. The summed E-state index contributed by atoms with van der Waals surface area (Å²) in [6.45, 7) is 3.82. The van der Waals surface area contributed by atoms with Crippen LogP contribution in [-0.4, -0.2) is 28.8 Å². The summed E-state index contributed by atoms with van der Waals surface area (Å²) < 4.78 is 5.06. The Morgan fingerprint density at radius 2 is 1.84 bits per heavy atom. The van der Waals surface area contributed by atoms with Gasteiger partial charge in [-0.15, -0.1) is 0 Å². The van der Waals surface area contributed by atoms with Gasteiger partial charge in [0.25, 0.3) is 0 Å². The van der Waals surface area contributed by atoms with Crippen LogP contribution in [-0.2, 0) is 4.74 Å². The Balaban J connectivity index is 2.25. The van der Waals surface area contributed by atoms with E-state index in [4.69, 9.17) is 9.84 Å². The molecule has 2 rings (SSSR count). The standard InChI is InChI=1S/C18H18N2O5/c1-3-7-25-18(24)12-5-4-6-13(9-12)19-20-14-8-11(2)16(21)15(10-14)17(22)23/h4-6,8-10,21H,3,7H2,1-2H3,(H,22,23). The Bertz CT molecular complexity index is 830. The summed E-state index contributed by atoms with van der Waals surface area (Å²) in [6.07, 6.45) is 0.733. The highest BCUT2D eigenvalue weighted by molar-refractivity contribution is 5.92. The van der Waals surface area contributed by atoms with Gasteiger partial charge in [0.05, 0.1) is 23.5 Å². The first-order valence-corrected chi connectivity index (χ1v) is 7.68. The van der Waals surface area contributed by atoms with Gasteiger partial charge in [0.1, 0.15) is 11.3 Å². The summed E-state index contributed by atoms with van der Waals surface area (Å²) in [5.74, 6) is -1.99. The zero-order valence-corrected chi connectivity index (χ0v) is 13.9. The number of carbonyl (C=O) groups is 2. The summed E-state index contributed by atoms with van der Waals surface area (Å²) in [7, 11) is 0. The number of nitrogens with zero attached hydrogens (tertiary/aromatic N) is 2. The first-order chi connectivity index (χ1) is 11.9. The van der Waals surface area contributed by atoms with Crippen molar-refractivity contribution < 1.29 is 24.5 Å². The van der Waals surface area contributed by atoms with Crippen LogP contribution in [0.25, 0.3) is 0 Å². The Hall–Kier alpha value is -3.22. The molecule has 2 N–H and O–H groups in total. The lowest BCUT2D eigenvalue weighted by Gasteiger charge is -2.05. The molecule has 0 radical (unpaired) electrons. The molecule has 0 saturated heterocycles. The number of benzene rings is 2. The quantitative estimate of drug-likeness (QED) is 0.598. The number of hydrogen-bond acceptors (Lipinski definition) is 6. The van der Waals surface area contributed by atoms with Gasteiger partial charge in [0.2, 0.25) is 0 Å². The number of phenols is 1. The van der Waals surface area contributed by atoms with Crippen LogP contribution in [0.1, 0.15) is 39.6 Å². The Morgan fingerprint density at radius 1 is 1.12 bits per heavy atom. The van der Waals surface area contributed by atoms with Gasteiger partial charge in [-0.25, -0.2) is 9.59 Å². The van der Waals surface area contributed by atoms with Crippen LogP contribution in [0.4, 0.5) is 11.4 Å². The van der Waals surface area contributed by atoms with Gasteiger partial charge in [-0.3, -0.25) is 0 Å². The molecule has 0 fully saturated rings. The molecular formula is C18H18N2O5. The van der Waals surface area contributed by atoms with Crippen molar-refractivity contribution in [1.29, 1.82) is 0 Å². The molecule has 0 atom stereocenters. The summed E-state index contributed by atoms with van der Waals surface area (Å²) in [6, 6.07) is 9.21. The number of esters is 1. The Morgan fingerprint density at radius 3 is 2.52 bits per heavy atom. The van der Waals surface area contributed by atoms with Crippen LogP contribution in [0.5, 0.6) is 5.75 Å². The normalized spacial score (nSPS) is 10.8. The van der Waals surface area contributed by atoms with Crippen molar-refractivity contribution in [1.82, 2.24) is 0 Å². The fourth-order valence-corrected chi connectivity index (χ4v) is 2.07. The molecule has 0 aliphatic rings. The first kappa shape index (κ1) is 18.1. The van der Waals surface area contributed by atoms with E-state index in [-0.39, 0.29) is 17.0 Å². The van der Waals surface area contributed by atoms with Crippen molar-refractivity contribution in [3.05, 3.63) is 53.1 Å². The van der Waals surface area contributed by atoms with E-state index in [1.807, 2.05) is 6.92 Å². The van der Waals surface area contributed by atoms with Gasteiger partial charge in [0.15, 0.2) is 0 Å². The molecule has 2 aromatic rings. The third kappa shape index (κ3) is 4.63. The maximum atomic E-state index is 11.8. The number of azo groups is 1. The summed E-state index contributed by atoms with van der Waals surface area (Å²) in [5.41, 5.74) is 1.20. The Labute approximate surface area is 144 Å². The van der Waals surface area contributed by atoms with Gasteiger partial charge in [-0.05, 0) is 49.2 Å². The maximum Gasteiger partial charge on any atom is 0.339 e. The lowest BCUT2D eigenvalue weighted by atomic mass is 10.1. The largest absolute Gasteiger partial charge is 0.507 e. The number of carboxylic acids is 1. The number of rotatable bonds is 6. The zero-order valence-electron chi connectivity index (χ0n) is 13.9. The van der Waals surface area contributed by atoms with E-state index >= 15 is 0 Å². The number of aromatic hydroxyl groups is 1. The predicted octanol–water partition coefficient (Wildman–Crippen LogP) is 4.38. The second-order valence-electron chi connectivity index (χ2n) is 5.35. The average Bonchev–Trinajstić information content (AvgIpc) is 2.60. The molecule has 0 spiro atoms. The van der Waals surface area contributed by atoms with Gasteiger partial charge >= 0.3 is 11.9 Å². The average molecular weight is 342 g/mol. The van der Waals surface area contributed by atoms with Crippen LogP contribution in [0.15, 0.2) is 46.6 Å². The highest BCUT2D eigenvalue weighted by atomic mass is 16.5. The van der Waals surface area contributed by atoms with Gasteiger partial charge < -0.3 is 14.9 Å². The number of ether oxygens (including phenoxy) is 1. The van der Waals surface area contributed by atoms with E-state index in [9.17, 15) is 14.7 Å². The van der Waals surface area contributed by atoms with Crippen molar-refractivity contribution in [2.45, 2.75) is 20.3 Å². The summed E-state index contributed by atoms with van der Waals surface area (Å²) in [5, 5.41) is 26.8. The number of carbonyl (C=O) groups excluding carboxylic acids is 1. The third-order valence-corrected chi connectivity index (χ3v) is 3.32. The zero-order chi connectivity index (χ0) is 18.4. The molecule has 0 saturated carbocycles. The monoisotopic (exact) mass is 342 g/mol. The van der Waals surface area contributed by atoms with Crippen LogP contribution in [0.3, 0.4) is 0 Å². The van der Waals surface area contributed by atoms with Crippen LogP contribution < -0.4 is 0 Å². The molecule has 0 amide bonds. The minimum Gasteiger partial charge on any atom is -0.507 e. The lowest BCUT2D eigenvalue weighted by molar-refractivity contribution is 0.0504. The van der Waals surface area contributed by atoms with E-state index in [2.05, 4.69) is 10.2 Å². The topological polar surface area (TPSA) is 109 Å². The number of carboxylic acid groups (broad SMARTS) is 1. The molecule has 0 aliphatic carbocycles. The summed E-state index contributed by atoms with van der Waals surface area (Å²) >= 11 is 0. The Kier molecular flexibility index (Phi) is 5.84. The second-order valence-corrected chi connectivity index (χ2v) is 5.35. The first-order valence-electron chi connectivity index (χ1n) is 7.68. The van der Waals surface area contributed by atoms with Gasteiger partial charge in [0, 0.05) is 0 Å². The fourth-order valence-electron chi connectivity index (χ4n) is 2.07. The van der Waals surface area contributed by atoms with Crippen molar-refractivity contribution in [2.24, 2.45) is 10.2 Å². The molecule has 0 heterocycles. The van der Waals surface area contributed by atoms with E-state index < -0.39 is 11.9 Å². The molecule has 2 aromatic carbocycles. The van der Waals surface area contributed by atoms with Crippen LogP contribution >= 0.6 is 0 Å². The molecular weight excluding hydrogens is 324 g/mol. The molecule has 0 bridgehead atoms. The molecule has 0 aliphatic heterocycles. The number of hydrogen-bond donors (Lipinski definition) is 2. The van der Waals surface area contributed by atoms with Gasteiger partial charge in [-0.2, -0.15) is 10.2 Å².